The van der Waals surface area contributed by atoms with E-state index in [2.05, 4.69) is 4.98 Å². The van der Waals surface area contributed by atoms with Crippen LogP contribution >= 0.6 is 0 Å². The van der Waals surface area contributed by atoms with Gasteiger partial charge in [0.25, 0.3) is 0 Å². The number of ether oxygens (including phenoxy) is 1. The van der Waals surface area contributed by atoms with Crippen molar-refractivity contribution in [2.75, 3.05) is 5.73 Å². The van der Waals surface area contributed by atoms with Crippen molar-refractivity contribution in [1.82, 2.24) is 9.55 Å². The zero-order chi connectivity index (χ0) is 15.0. The number of imidazole rings is 1. The number of halogens is 1. The molecule has 5 heteroatoms. The molecule has 0 bridgehead atoms. The van der Waals surface area contributed by atoms with Crippen LogP contribution in [0, 0.1) is 5.82 Å². The topological polar surface area (TPSA) is 53.1 Å². The number of benzene rings is 1. The maximum Gasteiger partial charge on any atom is 0.167 e. The summed E-state index contributed by atoms with van der Waals surface area (Å²) in [6, 6.07) is 2.99. The molecule has 0 amide bonds. The van der Waals surface area contributed by atoms with Crippen molar-refractivity contribution in [2.24, 2.45) is 0 Å². The zero-order valence-electron chi connectivity index (χ0n) is 12.4. The number of nitrogen functional groups attached to an aromatic ring is 1. The Bertz CT molecular complexity index is 664. The summed E-state index contributed by atoms with van der Waals surface area (Å²) in [4.78, 5) is 4.46. The average Bonchev–Trinajstić information content (AvgIpc) is 2.85. The van der Waals surface area contributed by atoms with E-state index < -0.39 is 5.82 Å². The van der Waals surface area contributed by atoms with Crippen molar-refractivity contribution >= 4 is 5.69 Å². The van der Waals surface area contributed by atoms with Crippen molar-refractivity contribution in [3.05, 3.63) is 35.7 Å². The Labute approximate surface area is 123 Å². The van der Waals surface area contributed by atoms with Crippen LogP contribution in [0.5, 0.6) is 5.75 Å². The van der Waals surface area contributed by atoms with E-state index in [0.717, 1.165) is 30.6 Å². The van der Waals surface area contributed by atoms with Gasteiger partial charge in [-0.1, -0.05) is 0 Å². The van der Waals surface area contributed by atoms with Gasteiger partial charge in [0.2, 0.25) is 0 Å². The van der Waals surface area contributed by atoms with Gasteiger partial charge in [0, 0.05) is 17.8 Å². The van der Waals surface area contributed by atoms with Gasteiger partial charge >= 0.3 is 0 Å². The van der Waals surface area contributed by atoms with Gasteiger partial charge in [0.05, 0.1) is 29.5 Å². The van der Waals surface area contributed by atoms with Crippen molar-refractivity contribution in [3.8, 4) is 11.4 Å². The maximum atomic E-state index is 13.9. The first-order valence-corrected chi connectivity index (χ1v) is 7.37. The minimum absolute atomic E-state index is 0.0901. The highest BCUT2D eigenvalue weighted by Gasteiger charge is 2.19. The van der Waals surface area contributed by atoms with Gasteiger partial charge in [-0.15, -0.1) is 0 Å². The summed E-state index contributed by atoms with van der Waals surface area (Å²) in [7, 11) is 0. The Morgan fingerprint density at radius 3 is 2.81 bits per heavy atom. The number of hydrogen-bond acceptors (Lipinski definition) is 3. The maximum absolute atomic E-state index is 13.9. The van der Waals surface area contributed by atoms with Crippen LogP contribution in [0.25, 0.3) is 5.69 Å². The van der Waals surface area contributed by atoms with E-state index in [1.54, 1.807) is 12.4 Å². The van der Waals surface area contributed by atoms with E-state index in [0.29, 0.717) is 5.69 Å². The number of aryl methyl sites for hydroxylation is 1. The fraction of sp³-hybridized carbons (Fsp3) is 0.438. The first kappa shape index (κ1) is 13.9. The molecule has 0 fully saturated rings. The highest BCUT2D eigenvalue weighted by atomic mass is 19.1. The second kappa shape index (κ2) is 5.39. The fourth-order valence-corrected chi connectivity index (χ4v) is 2.79. The summed E-state index contributed by atoms with van der Waals surface area (Å²) in [5.41, 5.74) is 9.44. The monoisotopic (exact) mass is 289 g/mol. The highest BCUT2D eigenvalue weighted by molar-refractivity contribution is 5.62. The molecule has 1 aliphatic rings. The highest BCUT2D eigenvalue weighted by Crippen LogP contribution is 2.31. The summed E-state index contributed by atoms with van der Waals surface area (Å²) in [5.74, 6) is -0.202. The molecule has 4 nitrogen and oxygen atoms in total. The molecular weight excluding hydrogens is 269 g/mol. The number of rotatable bonds is 3. The molecule has 2 aromatic rings. The first-order chi connectivity index (χ1) is 10.1. The number of anilines is 1. The predicted octanol–water partition coefficient (Wildman–Crippen LogP) is 3.26. The molecular formula is C16H20FN3O. The van der Waals surface area contributed by atoms with E-state index in [1.807, 2.05) is 18.4 Å². The van der Waals surface area contributed by atoms with Gasteiger partial charge in [0.15, 0.2) is 11.6 Å². The van der Waals surface area contributed by atoms with Crippen LogP contribution in [0.15, 0.2) is 18.5 Å². The van der Waals surface area contributed by atoms with E-state index >= 15 is 0 Å². The van der Waals surface area contributed by atoms with Gasteiger partial charge in [-0.25, -0.2) is 9.37 Å². The molecule has 3 rings (SSSR count). The van der Waals surface area contributed by atoms with Crippen LogP contribution in [0.4, 0.5) is 10.1 Å². The van der Waals surface area contributed by atoms with Crippen LogP contribution in [-0.4, -0.2) is 15.7 Å². The van der Waals surface area contributed by atoms with E-state index in [-0.39, 0.29) is 11.9 Å². The number of fused-ring (bicyclic) bond motifs is 1. The summed E-state index contributed by atoms with van der Waals surface area (Å²) in [5, 5.41) is 0. The van der Waals surface area contributed by atoms with Crippen molar-refractivity contribution in [3.63, 3.8) is 0 Å². The lowest BCUT2D eigenvalue weighted by Gasteiger charge is -2.17. The predicted molar refractivity (Wildman–Crippen MR) is 80.3 cm³/mol. The summed E-state index contributed by atoms with van der Waals surface area (Å²) in [6.07, 6.45) is 5.98. The SMILES string of the molecule is CC(C)Oc1cc(-n2cnc3c2CCCC3)c(N)cc1F. The summed E-state index contributed by atoms with van der Waals surface area (Å²) >= 11 is 0. The molecule has 0 saturated heterocycles. The molecule has 0 radical (unpaired) electrons. The molecule has 112 valence electrons. The molecule has 1 heterocycles. The third-order valence-electron chi connectivity index (χ3n) is 3.73. The van der Waals surface area contributed by atoms with Crippen LogP contribution in [0.1, 0.15) is 38.1 Å². The van der Waals surface area contributed by atoms with E-state index in [4.69, 9.17) is 10.5 Å². The second-order valence-electron chi connectivity index (χ2n) is 5.72. The number of nitrogens with zero attached hydrogens (tertiary/aromatic N) is 2. The van der Waals surface area contributed by atoms with Crippen molar-refractivity contribution in [1.29, 1.82) is 0 Å². The van der Waals surface area contributed by atoms with Gasteiger partial charge in [-0.3, -0.25) is 0 Å². The largest absolute Gasteiger partial charge is 0.488 e. The minimum atomic E-state index is -0.432. The molecule has 1 aliphatic carbocycles. The molecule has 1 aromatic heterocycles. The molecule has 0 aliphatic heterocycles. The average molecular weight is 289 g/mol. The Balaban J connectivity index is 2.07. The minimum Gasteiger partial charge on any atom is -0.488 e. The Morgan fingerprint density at radius 1 is 1.29 bits per heavy atom. The van der Waals surface area contributed by atoms with E-state index in [1.165, 1.54) is 18.2 Å². The smallest absolute Gasteiger partial charge is 0.167 e. The zero-order valence-corrected chi connectivity index (χ0v) is 12.4. The molecule has 0 atom stereocenters. The quantitative estimate of drug-likeness (QED) is 0.882. The van der Waals surface area contributed by atoms with Crippen LogP contribution in [0.2, 0.25) is 0 Å². The van der Waals surface area contributed by atoms with Gasteiger partial charge in [0.1, 0.15) is 0 Å². The van der Waals surface area contributed by atoms with Gasteiger partial charge in [-0.05, 0) is 39.5 Å². The van der Waals surface area contributed by atoms with Crippen LogP contribution < -0.4 is 10.5 Å². The lowest BCUT2D eigenvalue weighted by molar-refractivity contribution is 0.231. The normalized spacial score (nSPS) is 14.3. The first-order valence-electron chi connectivity index (χ1n) is 7.37. The summed E-state index contributed by atoms with van der Waals surface area (Å²) < 4.78 is 21.4. The molecule has 0 saturated carbocycles. The van der Waals surface area contributed by atoms with Crippen molar-refractivity contribution < 1.29 is 9.13 Å². The molecule has 0 unspecified atom stereocenters. The third kappa shape index (κ3) is 2.60. The number of hydrogen-bond donors (Lipinski definition) is 1. The van der Waals surface area contributed by atoms with E-state index in [9.17, 15) is 4.39 Å². The molecule has 21 heavy (non-hydrogen) atoms. The lowest BCUT2D eigenvalue weighted by Crippen LogP contribution is -2.11. The fourth-order valence-electron chi connectivity index (χ4n) is 2.79. The molecule has 0 spiro atoms. The Hall–Kier alpha value is -2.04. The Morgan fingerprint density at radius 2 is 2.05 bits per heavy atom. The molecule has 1 aromatic carbocycles. The molecule has 2 N–H and O–H groups in total. The second-order valence-corrected chi connectivity index (χ2v) is 5.72. The lowest BCUT2D eigenvalue weighted by atomic mass is 10.0. The van der Waals surface area contributed by atoms with Gasteiger partial charge < -0.3 is 15.0 Å². The number of nitrogens with two attached hydrogens (primary N) is 1. The standard InChI is InChI=1S/C16H20FN3O/c1-10(2)21-16-8-15(12(18)7-11(16)17)20-9-19-13-5-3-4-6-14(13)20/h7-10H,3-6,18H2,1-2H3. The Kier molecular flexibility index (Phi) is 3.57. The number of aromatic nitrogens is 2. The van der Waals surface area contributed by atoms with Crippen molar-refractivity contribution in [2.45, 2.75) is 45.6 Å². The van der Waals surface area contributed by atoms with Crippen LogP contribution in [-0.2, 0) is 12.8 Å². The van der Waals surface area contributed by atoms with Crippen LogP contribution in [0.3, 0.4) is 0 Å². The third-order valence-corrected chi connectivity index (χ3v) is 3.73. The summed E-state index contributed by atoms with van der Waals surface area (Å²) in [6.45, 7) is 3.74. The van der Waals surface area contributed by atoms with Gasteiger partial charge in [-0.2, -0.15) is 0 Å².